The smallest absolute Gasteiger partial charge is 0.330 e. The van der Waals surface area contributed by atoms with Gasteiger partial charge in [-0.1, -0.05) is 107 Å². The molecule has 0 aromatic heterocycles. The fraction of sp³-hybridized carbons (Fsp3) is 0.289. The van der Waals surface area contributed by atoms with Gasteiger partial charge in [-0.05, 0) is 70.0 Å². The Hall–Kier alpha value is -4.31. The lowest BCUT2D eigenvalue weighted by Gasteiger charge is -2.34. The minimum absolute atomic E-state index is 0.106. The largest absolute Gasteiger partial charge is 0.493 e. The van der Waals surface area contributed by atoms with Gasteiger partial charge in [0.1, 0.15) is 11.5 Å². The Labute approximate surface area is 250 Å². The molecule has 0 amide bonds. The standard InChI is InChI=1S/C38H40O4/c1-5-27(4)24-40-31-20-16-29(17-21-31)38(35-14-10-8-12-33(35)34-13-9-11-15-36(34)38)30-18-22-32(23-19-30)41-25-28(6-2)26-42-37(39)7-3/h7-23,27-28H,3,5-6,24-26H2,1-2,4H3. The molecule has 2 unspecified atom stereocenters. The third-order valence-electron chi connectivity index (χ3n) is 8.45. The van der Waals surface area contributed by atoms with Crippen LogP contribution in [0.3, 0.4) is 0 Å². The highest BCUT2D eigenvalue weighted by Crippen LogP contribution is 2.56. The number of hydrogen-bond acceptors (Lipinski definition) is 4. The molecule has 0 saturated carbocycles. The van der Waals surface area contributed by atoms with Gasteiger partial charge in [-0.25, -0.2) is 4.79 Å². The van der Waals surface area contributed by atoms with Crippen LogP contribution in [-0.4, -0.2) is 25.8 Å². The second kappa shape index (κ2) is 13.1. The highest BCUT2D eigenvalue weighted by molar-refractivity contribution is 5.86. The maximum atomic E-state index is 11.5. The topological polar surface area (TPSA) is 44.8 Å². The Balaban J connectivity index is 1.50. The lowest BCUT2D eigenvalue weighted by Crippen LogP contribution is -2.28. The summed E-state index contributed by atoms with van der Waals surface area (Å²) >= 11 is 0. The predicted molar refractivity (Wildman–Crippen MR) is 169 cm³/mol. The molecule has 0 heterocycles. The lowest BCUT2D eigenvalue weighted by atomic mass is 9.68. The number of esters is 1. The summed E-state index contributed by atoms with van der Waals surface area (Å²) in [6.07, 6.45) is 3.13. The number of carbonyl (C=O) groups excluding carboxylic acids is 1. The van der Waals surface area contributed by atoms with Crippen LogP contribution < -0.4 is 9.47 Å². The van der Waals surface area contributed by atoms with E-state index in [1.165, 1.54) is 39.5 Å². The monoisotopic (exact) mass is 560 g/mol. The van der Waals surface area contributed by atoms with Crippen LogP contribution in [0.1, 0.15) is 55.9 Å². The molecule has 42 heavy (non-hydrogen) atoms. The van der Waals surface area contributed by atoms with Gasteiger partial charge in [0.05, 0.1) is 25.2 Å². The van der Waals surface area contributed by atoms with Gasteiger partial charge in [0.2, 0.25) is 0 Å². The Morgan fingerprint density at radius 2 is 1.21 bits per heavy atom. The maximum Gasteiger partial charge on any atom is 0.330 e. The number of fused-ring (bicyclic) bond motifs is 3. The molecule has 2 atom stereocenters. The molecule has 0 fully saturated rings. The number of ether oxygens (including phenoxy) is 3. The molecule has 0 saturated heterocycles. The summed E-state index contributed by atoms with van der Waals surface area (Å²) < 4.78 is 17.5. The van der Waals surface area contributed by atoms with E-state index in [0.29, 0.717) is 25.7 Å². The summed E-state index contributed by atoms with van der Waals surface area (Å²) in [6.45, 7) is 11.4. The number of benzene rings is 4. The van der Waals surface area contributed by atoms with Crippen LogP contribution >= 0.6 is 0 Å². The fourth-order valence-electron chi connectivity index (χ4n) is 5.74. The summed E-state index contributed by atoms with van der Waals surface area (Å²) in [5, 5.41) is 0. The molecule has 0 spiro atoms. The van der Waals surface area contributed by atoms with Crippen molar-refractivity contribution in [3.05, 3.63) is 132 Å². The van der Waals surface area contributed by atoms with Gasteiger partial charge in [0.25, 0.3) is 0 Å². The van der Waals surface area contributed by atoms with Gasteiger partial charge in [0, 0.05) is 12.0 Å². The Morgan fingerprint density at radius 3 is 1.69 bits per heavy atom. The van der Waals surface area contributed by atoms with Crippen molar-refractivity contribution in [2.24, 2.45) is 11.8 Å². The molecule has 1 aliphatic carbocycles. The Morgan fingerprint density at radius 1 is 0.714 bits per heavy atom. The molecule has 5 rings (SSSR count). The van der Waals surface area contributed by atoms with Gasteiger partial charge in [-0.15, -0.1) is 0 Å². The molecule has 0 N–H and O–H groups in total. The molecule has 4 aromatic carbocycles. The first-order valence-corrected chi connectivity index (χ1v) is 15.0. The van der Waals surface area contributed by atoms with E-state index in [2.05, 4.69) is 112 Å². The summed E-state index contributed by atoms with van der Waals surface area (Å²) in [6, 6.07) is 34.5. The van der Waals surface area contributed by atoms with E-state index in [1.54, 1.807) is 0 Å². The molecule has 4 heteroatoms. The molecule has 1 aliphatic rings. The first-order chi connectivity index (χ1) is 20.5. The Kier molecular flexibility index (Phi) is 9.12. The second-order valence-corrected chi connectivity index (χ2v) is 11.1. The molecular formula is C38H40O4. The number of rotatable bonds is 13. The Bertz CT molecular complexity index is 1460. The zero-order valence-electron chi connectivity index (χ0n) is 24.8. The highest BCUT2D eigenvalue weighted by atomic mass is 16.5. The summed E-state index contributed by atoms with van der Waals surface area (Å²) in [5.74, 6) is 1.89. The molecule has 4 nitrogen and oxygen atoms in total. The van der Waals surface area contributed by atoms with Crippen molar-refractivity contribution < 1.29 is 19.0 Å². The number of hydrogen-bond donors (Lipinski definition) is 0. The lowest BCUT2D eigenvalue weighted by molar-refractivity contribution is -0.139. The summed E-state index contributed by atoms with van der Waals surface area (Å²) in [4.78, 5) is 11.5. The molecule has 216 valence electrons. The van der Waals surface area contributed by atoms with Gasteiger partial charge < -0.3 is 14.2 Å². The van der Waals surface area contributed by atoms with E-state index in [0.717, 1.165) is 24.3 Å². The fourth-order valence-corrected chi connectivity index (χ4v) is 5.74. The molecule has 0 aliphatic heterocycles. The van der Waals surface area contributed by atoms with Crippen LogP contribution in [0.25, 0.3) is 11.1 Å². The van der Waals surface area contributed by atoms with Crippen molar-refractivity contribution in [2.75, 3.05) is 19.8 Å². The van der Waals surface area contributed by atoms with E-state index in [-0.39, 0.29) is 5.92 Å². The SMILES string of the molecule is C=CC(=O)OCC(CC)COc1ccc(C2(c3ccc(OCC(C)CC)cc3)c3ccccc3-c3ccccc32)cc1. The van der Waals surface area contributed by atoms with Gasteiger partial charge in [-0.2, -0.15) is 0 Å². The maximum absolute atomic E-state index is 11.5. The van der Waals surface area contributed by atoms with Gasteiger partial charge in [0.15, 0.2) is 0 Å². The van der Waals surface area contributed by atoms with Crippen molar-refractivity contribution in [3.8, 4) is 22.6 Å². The molecule has 0 bridgehead atoms. The van der Waals surface area contributed by atoms with Crippen LogP contribution in [-0.2, 0) is 14.9 Å². The van der Waals surface area contributed by atoms with Crippen molar-refractivity contribution in [1.82, 2.24) is 0 Å². The molecule has 4 aromatic rings. The average Bonchev–Trinajstić information content (AvgIpc) is 3.35. The van der Waals surface area contributed by atoms with Crippen LogP contribution in [0.5, 0.6) is 11.5 Å². The third kappa shape index (κ3) is 5.72. The van der Waals surface area contributed by atoms with Gasteiger partial charge in [-0.3, -0.25) is 0 Å². The minimum atomic E-state index is -0.480. The van der Waals surface area contributed by atoms with Crippen molar-refractivity contribution in [1.29, 1.82) is 0 Å². The van der Waals surface area contributed by atoms with E-state index in [4.69, 9.17) is 14.2 Å². The van der Waals surface area contributed by atoms with Crippen LogP contribution in [0.15, 0.2) is 110 Å². The second-order valence-electron chi connectivity index (χ2n) is 11.1. The normalized spacial score (nSPS) is 14.3. The summed E-state index contributed by atoms with van der Waals surface area (Å²) in [7, 11) is 0. The van der Waals surface area contributed by atoms with E-state index in [9.17, 15) is 4.79 Å². The van der Waals surface area contributed by atoms with Crippen LogP contribution in [0.2, 0.25) is 0 Å². The average molecular weight is 561 g/mol. The van der Waals surface area contributed by atoms with E-state index >= 15 is 0 Å². The van der Waals surface area contributed by atoms with Gasteiger partial charge >= 0.3 is 5.97 Å². The van der Waals surface area contributed by atoms with Crippen molar-refractivity contribution >= 4 is 5.97 Å². The van der Waals surface area contributed by atoms with Crippen LogP contribution in [0.4, 0.5) is 0 Å². The van der Waals surface area contributed by atoms with Crippen molar-refractivity contribution in [3.63, 3.8) is 0 Å². The van der Waals surface area contributed by atoms with E-state index < -0.39 is 11.4 Å². The zero-order valence-corrected chi connectivity index (χ0v) is 24.8. The number of carbonyl (C=O) groups is 1. The summed E-state index contributed by atoms with van der Waals surface area (Å²) in [5.41, 5.74) is 6.93. The van der Waals surface area contributed by atoms with Crippen molar-refractivity contribution in [2.45, 2.75) is 39.0 Å². The van der Waals surface area contributed by atoms with Crippen LogP contribution in [0, 0.1) is 11.8 Å². The quantitative estimate of drug-likeness (QED) is 0.107. The zero-order chi connectivity index (χ0) is 29.5. The molecular weight excluding hydrogens is 520 g/mol. The van der Waals surface area contributed by atoms with E-state index in [1.807, 2.05) is 12.1 Å². The third-order valence-corrected chi connectivity index (χ3v) is 8.45. The predicted octanol–water partition coefficient (Wildman–Crippen LogP) is 8.61. The highest BCUT2D eigenvalue weighted by Gasteiger charge is 2.45. The first kappa shape index (κ1) is 29.2. The minimum Gasteiger partial charge on any atom is -0.493 e. The molecule has 0 radical (unpaired) electrons. The first-order valence-electron chi connectivity index (χ1n) is 15.0.